The molecule has 0 saturated carbocycles. The number of benzene rings is 1. The fourth-order valence-electron chi connectivity index (χ4n) is 1.54. The molecule has 0 aliphatic rings. The lowest BCUT2D eigenvalue weighted by atomic mass is 10.1. The molecule has 0 spiro atoms. The Morgan fingerprint density at radius 3 is 2.93 bits per heavy atom. The van der Waals surface area contributed by atoms with E-state index < -0.39 is 0 Å². The number of halogens is 1. The number of aromatic nitrogens is 1. The maximum absolute atomic E-state index is 11.7. The van der Waals surface area contributed by atoms with Crippen LogP contribution in [0.5, 0.6) is 0 Å². The average Bonchev–Trinajstić information content (AvgIpc) is 2.22. The monoisotopic (exact) mass is 267 g/mol. The molecule has 15 heavy (non-hydrogen) atoms. The van der Waals surface area contributed by atoms with Crippen LogP contribution in [0.4, 0.5) is 0 Å². The van der Waals surface area contributed by atoms with Crippen LogP contribution in [-0.4, -0.2) is 12.1 Å². The summed E-state index contributed by atoms with van der Waals surface area (Å²) in [6.45, 7) is 0.491. The van der Waals surface area contributed by atoms with E-state index in [1.54, 1.807) is 13.3 Å². The topological polar surface area (TPSA) is 42.1 Å². The van der Waals surface area contributed by atoms with Crippen molar-refractivity contribution in [1.82, 2.24) is 4.98 Å². The minimum atomic E-state index is 0.00794. The average molecular weight is 268 g/mol. The Labute approximate surface area is 95.2 Å². The van der Waals surface area contributed by atoms with Gasteiger partial charge < -0.3 is 9.72 Å². The van der Waals surface area contributed by atoms with Gasteiger partial charge in [0, 0.05) is 23.8 Å². The summed E-state index contributed by atoms with van der Waals surface area (Å²) in [4.78, 5) is 14.7. The van der Waals surface area contributed by atoms with E-state index in [-0.39, 0.29) is 5.43 Å². The minimum Gasteiger partial charge on any atom is -0.380 e. The molecule has 3 nitrogen and oxygen atoms in total. The van der Waals surface area contributed by atoms with Gasteiger partial charge in [0.05, 0.1) is 17.5 Å². The third-order valence-corrected chi connectivity index (χ3v) is 3.15. The summed E-state index contributed by atoms with van der Waals surface area (Å²) in [6.07, 6.45) is 1.65. The van der Waals surface area contributed by atoms with Gasteiger partial charge in [0.2, 0.25) is 0 Å². The number of hydrogen-bond acceptors (Lipinski definition) is 2. The number of H-pyrrole nitrogens is 1. The molecule has 0 aliphatic heterocycles. The summed E-state index contributed by atoms with van der Waals surface area (Å²) < 4.78 is 5.86. The highest BCUT2D eigenvalue weighted by Crippen LogP contribution is 2.24. The fourth-order valence-corrected chi connectivity index (χ4v) is 2.19. The van der Waals surface area contributed by atoms with E-state index in [0.29, 0.717) is 12.0 Å². The third kappa shape index (κ3) is 1.82. The Bertz CT molecular complexity index is 548. The van der Waals surface area contributed by atoms with Crippen molar-refractivity contribution in [2.75, 3.05) is 7.11 Å². The number of nitrogens with one attached hydrogen (secondary N) is 1. The van der Waals surface area contributed by atoms with Crippen LogP contribution in [0.2, 0.25) is 0 Å². The first kappa shape index (κ1) is 10.4. The molecule has 0 saturated heterocycles. The van der Waals surface area contributed by atoms with Crippen LogP contribution < -0.4 is 5.43 Å². The Hall–Kier alpha value is -1.13. The highest BCUT2D eigenvalue weighted by Gasteiger charge is 2.07. The standard InChI is InChI=1S/C11H10BrNO2/c1-15-6-7-2-3-8-10(11(7)12)9(14)4-5-13-8/h2-5H,6H2,1H3,(H,13,14). The van der Waals surface area contributed by atoms with E-state index in [2.05, 4.69) is 20.9 Å². The Kier molecular flexibility index (Phi) is 2.88. The van der Waals surface area contributed by atoms with Gasteiger partial charge in [0.15, 0.2) is 5.43 Å². The smallest absolute Gasteiger partial charge is 0.190 e. The second kappa shape index (κ2) is 4.16. The first-order valence-corrected chi connectivity index (χ1v) is 5.31. The number of aromatic amines is 1. The van der Waals surface area contributed by atoms with Crippen molar-refractivity contribution < 1.29 is 4.74 Å². The summed E-state index contributed by atoms with van der Waals surface area (Å²) in [5, 5.41) is 0.673. The molecule has 0 unspecified atom stereocenters. The maximum Gasteiger partial charge on any atom is 0.190 e. The van der Waals surface area contributed by atoms with Gasteiger partial charge in [-0.05, 0) is 27.6 Å². The minimum absolute atomic E-state index is 0.00794. The van der Waals surface area contributed by atoms with Crippen molar-refractivity contribution in [2.45, 2.75) is 6.61 Å². The molecule has 0 bridgehead atoms. The van der Waals surface area contributed by atoms with E-state index >= 15 is 0 Å². The summed E-state index contributed by atoms with van der Waals surface area (Å²) in [7, 11) is 1.63. The molecule has 1 aromatic carbocycles. The number of hydrogen-bond donors (Lipinski definition) is 1. The molecule has 1 heterocycles. The van der Waals surface area contributed by atoms with Gasteiger partial charge in [-0.3, -0.25) is 4.79 Å². The molecule has 1 aromatic heterocycles. The molecule has 0 aliphatic carbocycles. The quantitative estimate of drug-likeness (QED) is 0.908. The Morgan fingerprint density at radius 1 is 1.40 bits per heavy atom. The zero-order valence-electron chi connectivity index (χ0n) is 8.21. The van der Waals surface area contributed by atoms with Crippen LogP contribution in [0.1, 0.15) is 5.56 Å². The number of pyridine rings is 1. The summed E-state index contributed by atoms with van der Waals surface area (Å²) in [5.41, 5.74) is 1.81. The molecule has 0 amide bonds. The highest BCUT2D eigenvalue weighted by atomic mass is 79.9. The fraction of sp³-hybridized carbons (Fsp3) is 0.182. The normalized spacial score (nSPS) is 10.8. The first-order valence-electron chi connectivity index (χ1n) is 4.51. The molecule has 0 fully saturated rings. The molecule has 2 rings (SSSR count). The maximum atomic E-state index is 11.7. The van der Waals surface area contributed by atoms with Crippen LogP contribution in [0, 0.1) is 0 Å². The van der Waals surface area contributed by atoms with Gasteiger partial charge in [-0.2, -0.15) is 0 Å². The molecule has 2 aromatic rings. The van der Waals surface area contributed by atoms with Crippen molar-refractivity contribution in [1.29, 1.82) is 0 Å². The summed E-state index contributed by atoms with van der Waals surface area (Å²) in [6, 6.07) is 5.34. The lowest BCUT2D eigenvalue weighted by molar-refractivity contribution is 0.184. The molecule has 1 N–H and O–H groups in total. The second-order valence-electron chi connectivity index (χ2n) is 3.24. The molecule has 4 heteroatoms. The van der Waals surface area contributed by atoms with E-state index in [4.69, 9.17) is 4.74 Å². The Morgan fingerprint density at radius 2 is 2.20 bits per heavy atom. The zero-order valence-corrected chi connectivity index (χ0v) is 9.80. The molecular weight excluding hydrogens is 258 g/mol. The Balaban J connectivity index is 2.77. The summed E-state index contributed by atoms with van der Waals surface area (Å²) >= 11 is 3.43. The van der Waals surface area contributed by atoms with E-state index in [0.717, 1.165) is 15.6 Å². The van der Waals surface area contributed by atoms with Gasteiger partial charge >= 0.3 is 0 Å². The van der Waals surface area contributed by atoms with Gasteiger partial charge in [0.1, 0.15) is 0 Å². The number of methoxy groups -OCH3 is 1. The van der Waals surface area contributed by atoms with Crippen LogP contribution in [0.15, 0.2) is 33.7 Å². The van der Waals surface area contributed by atoms with Crippen LogP contribution in [0.3, 0.4) is 0 Å². The molecule has 0 atom stereocenters. The van der Waals surface area contributed by atoms with Gasteiger partial charge in [-0.25, -0.2) is 0 Å². The van der Waals surface area contributed by atoms with Crippen molar-refractivity contribution >= 4 is 26.8 Å². The molecule has 0 radical (unpaired) electrons. The SMILES string of the molecule is COCc1ccc2[nH]ccc(=O)c2c1Br. The van der Waals surface area contributed by atoms with Crippen LogP contribution in [0.25, 0.3) is 10.9 Å². The van der Waals surface area contributed by atoms with Crippen molar-refractivity contribution in [3.05, 3.63) is 44.7 Å². The first-order chi connectivity index (χ1) is 7.24. The van der Waals surface area contributed by atoms with Crippen LogP contribution in [-0.2, 0) is 11.3 Å². The predicted molar refractivity (Wildman–Crippen MR) is 63.0 cm³/mol. The second-order valence-corrected chi connectivity index (χ2v) is 4.03. The van der Waals surface area contributed by atoms with E-state index in [9.17, 15) is 4.79 Å². The number of ether oxygens (including phenoxy) is 1. The van der Waals surface area contributed by atoms with Crippen molar-refractivity contribution in [3.63, 3.8) is 0 Å². The molecule has 78 valence electrons. The zero-order chi connectivity index (χ0) is 10.8. The van der Waals surface area contributed by atoms with E-state index in [1.165, 1.54) is 6.07 Å². The van der Waals surface area contributed by atoms with Crippen molar-refractivity contribution in [2.24, 2.45) is 0 Å². The number of rotatable bonds is 2. The van der Waals surface area contributed by atoms with Crippen LogP contribution >= 0.6 is 15.9 Å². The molecular formula is C11H10BrNO2. The van der Waals surface area contributed by atoms with Crippen molar-refractivity contribution in [3.8, 4) is 0 Å². The number of fused-ring (bicyclic) bond motifs is 1. The van der Waals surface area contributed by atoms with E-state index in [1.807, 2.05) is 12.1 Å². The van der Waals surface area contributed by atoms with Gasteiger partial charge in [-0.1, -0.05) is 6.07 Å². The van der Waals surface area contributed by atoms with Gasteiger partial charge in [0.25, 0.3) is 0 Å². The predicted octanol–water partition coefficient (Wildman–Crippen LogP) is 2.44. The van der Waals surface area contributed by atoms with Gasteiger partial charge in [-0.15, -0.1) is 0 Å². The largest absolute Gasteiger partial charge is 0.380 e. The third-order valence-electron chi connectivity index (χ3n) is 2.24. The lowest BCUT2D eigenvalue weighted by Crippen LogP contribution is -2.03. The highest BCUT2D eigenvalue weighted by molar-refractivity contribution is 9.10. The summed E-state index contributed by atoms with van der Waals surface area (Å²) in [5.74, 6) is 0. The lowest BCUT2D eigenvalue weighted by Gasteiger charge is -2.06.